The number of halogens is 5. The summed E-state index contributed by atoms with van der Waals surface area (Å²) in [7, 11) is 0. The third-order valence-electron chi connectivity index (χ3n) is 6.33. The normalized spacial score (nSPS) is 18.9. The number of hydrogen-bond acceptors (Lipinski definition) is 6. The summed E-state index contributed by atoms with van der Waals surface area (Å²) in [6.45, 7) is 0.0367. The molecule has 0 aromatic heterocycles. The first kappa shape index (κ1) is 27.4. The molecule has 204 valence electrons. The van der Waals surface area contributed by atoms with Gasteiger partial charge in [-0.25, -0.2) is 0 Å². The number of carbonyl (C=O) groups excluding carboxylic acids is 2. The zero-order chi connectivity index (χ0) is 27.9. The van der Waals surface area contributed by atoms with E-state index in [0.29, 0.717) is 38.2 Å². The Labute approximate surface area is 235 Å². The molecule has 0 saturated carbocycles. The van der Waals surface area contributed by atoms with E-state index >= 15 is 0 Å². The van der Waals surface area contributed by atoms with Gasteiger partial charge in [-0.2, -0.15) is 13.2 Å². The minimum absolute atomic E-state index is 0.0367. The van der Waals surface area contributed by atoms with E-state index in [4.69, 9.17) is 33.7 Å². The number of fused-ring (bicyclic) bond motifs is 2. The van der Waals surface area contributed by atoms with Crippen molar-refractivity contribution in [3.8, 4) is 11.5 Å². The minimum atomic E-state index is -4.56. The van der Waals surface area contributed by atoms with Crippen molar-refractivity contribution < 1.29 is 27.5 Å². The van der Waals surface area contributed by atoms with Crippen LogP contribution in [0, 0.1) is 5.92 Å². The Kier molecular flexibility index (Phi) is 7.60. The Morgan fingerprint density at radius 3 is 2.28 bits per heavy atom. The molecule has 2 aliphatic heterocycles. The molecule has 3 aromatic rings. The number of nitrogen functional groups attached to an aromatic ring is 1. The van der Waals surface area contributed by atoms with E-state index in [-0.39, 0.29) is 18.0 Å². The summed E-state index contributed by atoms with van der Waals surface area (Å²) >= 11 is 13.4. The molecule has 0 spiro atoms. The maximum absolute atomic E-state index is 13.2. The maximum Gasteiger partial charge on any atom is 0.418 e. The lowest BCUT2D eigenvalue weighted by Crippen LogP contribution is -2.58. The topological polar surface area (TPSA) is 105 Å². The van der Waals surface area contributed by atoms with Crippen molar-refractivity contribution in [2.45, 2.75) is 23.5 Å². The molecule has 13 heteroatoms. The average Bonchev–Trinajstić information content (AvgIpc) is 2.87. The number of amides is 2. The molecule has 0 radical (unpaired) electrons. The quantitative estimate of drug-likeness (QED) is 0.230. The number of thioether (sulfide) groups is 1. The van der Waals surface area contributed by atoms with E-state index in [1.807, 2.05) is 0 Å². The zero-order valence-electron chi connectivity index (χ0n) is 19.9. The van der Waals surface area contributed by atoms with Crippen LogP contribution in [0.2, 0.25) is 10.0 Å². The molecule has 1 fully saturated rings. The molecule has 1 saturated heterocycles. The van der Waals surface area contributed by atoms with Gasteiger partial charge in [0.15, 0.2) is 0 Å². The van der Waals surface area contributed by atoms with Crippen LogP contribution in [0.1, 0.15) is 28.3 Å². The third kappa shape index (κ3) is 5.91. The van der Waals surface area contributed by atoms with Gasteiger partial charge in [-0.15, -0.1) is 11.8 Å². The van der Waals surface area contributed by atoms with Crippen LogP contribution in [-0.2, 0) is 21.5 Å². The predicted molar refractivity (Wildman–Crippen MR) is 144 cm³/mol. The lowest BCUT2D eigenvalue weighted by molar-refractivity contribution is -0.138. The van der Waals surface area contributed by atoms with Gasteiger partial charge in [-0.3, -0.25) is 14.9 Å². The Bertz CT molecular complexity index is 1400. The van der Waals surface area contributed by atoms with Gasteiger partial charge in [0, 0.05) is 39.2 Å². The number of ether oxygens (including phenoxy) is 1. The molecule has 3 aromatic carbocycles. The van der Waals surface area contributed by atoms with E-state index in [1.165, 1.54) is 23.9 Å². The number of nitrogens with one attached hydrogen (secondary N) is 3. The number of alkyl halides is 3. The highest BCUT2D eigenvalue weighted by atomic mass is 35.5. The summed E-state index contributed by atoms with van der Waals surface area (Å²) in [5.41, 5.74) is 5.34. The fourth-order valence-electron chi connectivity index (χ4n) is 4.38. The summed E-state index contributed by atoms with van der Waals surface area (Å²) in [6, 6.07) is 13.2. The molecule has 2 atom stereocenters. The second-order valence-corrected chi connectivity index (χ2v) is 11.0. The van der Waals surface area contributed by atoms with Gasteiger partial charge in [0.2, 0.25) is 11.8 Å². The van der Waals surface area contributed by atoms with Crippen LogP contribution in [0.25, 0.3) is 0 Å². The number of benzene rings is 3. The van der Waals surface area contributed by atoms with Crippen molar-refractivity contribution in [2.24, 2.45) is 5.92 Å². The van der Waals surface area contributed by atoms with Crippen molar-refractivity contribution in [3.63, 3.8) is 0 Å². The minimum Gasteiger partial charge on any atom is -0.456 e. The van der Waals surface area contributed by atoms with Crippen LogP contribution in [-0.4, -0.2) is 23.9 Å². The molecule has 7 nitrogen and oxygen atoms in total. The van der Waals surface area contributed by atoms with E-state index in [0.717, 1.165) is 6.07 Å². The second kappa shape index (κ2) is 10.8. The van der Waals surface area contributed by atoms with Gasteiger partial charge in [-0.05, 0) is 42.0 Å². The van der Waals surface area contributed by atoms with Crippen molar-refractivity contribution in [1.29, 1.82) is 0 Å². The first-order valence-electron chi connectivity index (χ1n) is 11.7. The largest absolute Gasteiger partial charge is 0.456 e. The first-order chi connectivity index (χ1) is 18.5. The van der Waals surface area contributed by atoms with Crippen molar-refractivity contribution in [2.75, 3.05) is 12.3 Å². The van der Waals surface area contributed by atoms with Gasteiger partial charge in [0.25, 0.3) is 0 Å². The zero-order valence-corrected chi connectivity index (χ0v) is 22.3. The molecular formula is C26H21Cl2F3N4O3S. The van der Waals surface area contributed by atoms with Gasteiger partial charge in [0.05, 0.1) is 11.6 Å². The highest BCUT2D eigenvalue weighted by molar-refractivity contribution is 7.99. The van der Waals surface area contributed by atoms with Crippen LogP contribution in [0.15, 0.2) is 54.6 Å². The van der Waals surface area contributed by atoms with E-state index in [9.17, 15) is 22.8 Å². The van der Waals surface area contributed by atoms with Gasteiger partial charge < -0.3 is 21.1 Å². The molecule has 5 N–H and O–H groups in total. The van der Waals surface area contributed by atoms with Crippen LogP contribution in [0.4, 0.5) is 18.9 Å². The highest BCUT2D eigenvalue weighted by Crippen LogP contribution is 2.45. The first-order valence-corrected chi connectivity index (χ1v) is 13.5. The van der Waals surface area contributed by atoms with Crippen molar-refractivity contribution in [1.82, 2.24) is 16.0 Å². The van der Waals surface area contributed by atoms with Crippen LogP contribution in [0.5, 0.6) is 11.5 Å². The summed E-state index contributed by atoms with van der Waals surface area (Å²) < 4.78 is 45.4. The highest BCUT2D eigenvalue weighted by Gasteiger charge is 2.37. The number of nitrogens with two attached hydrogens (primary N) is 1. The SMILES string of the molecule is Nc1ccc(CSC2NCC(C(=O)NC3c4ccc(Cl)cc4Oc4cc(Cl)ccc43)C(=O)N2)cc1C(F)(F)F. The van der Waals surface area contributed by atoms with Crippen LogP contribution < -0.4 is 26.4 Å². The molecule has 0 aliphatic carbocycles. The number of carbonyl (C=O) groups is 2. The summed E-state index contributed by atoms with van der Waals surface area (Å²) in [6.07, 6.45) is -4.56. The molecule has 39 heavy (non-hydrogen) atoms. The number of hydrogen-bond donors (Lipinski definition) is 4. The molecule has 0 bridgehead atoms. The van der Waals surface area contributed by atoms with E-state index in [2.05, 4.69) is 16.0 Å². The number of anilines is 1. The lowest BCUT2D eigenvalue weighted by Gasteiger charge is -2.32. The van der Waals surface area contributed by atoms with E-state index < -0.39 is 41.0 Å². The fraction of sp³-hybridized carbons (Fsp3) is 0.231. The Balaban J connectivity index is 1.25. The van der Waals surface area contributed by atoms with Gasteiger partial charge in [-0.1, -0.05) is 41.4 Å². The smallest absolute Gasteiger partial charge is 0.418 e. The number of rotatable bonds is 5. The van der Waals surface area contributed by atoms with Crippen molar-refractivity contribution in [3.05, 3.63) is 86.9 Å². The fourth-order valence-corrected chi connectivity index (χ4v) is 5.66. The average molecular weight is 597 g/mol. The molecular weight excluding hydrogens is 576 g/mol. The molecule has 2 unspecified atom stereocenters. The summed E-state index contributed by atoms with van der Waals surface area (Å²) in [4.78, 5) is 26.1. The van der Waals surface area contributed by atoms with Crippen LogP contribution >= 0.6 is 35.0 Å². The summed E-state index contributed by atoms with van der Waals surface area (Å²) in [5.74, 6) is -0.950. The van der Waals surface area contributed by atoms with Gasteiger partial charge >= 0.3 is 6.18 Å². The van der Waals surface area contributed by atoms with Crippen molar-refractivity contribution >= 4 is 52.5 Å². The standard InChI is InChI=1S/C26H21Cl2F3N4O3S/c27-13-2-4-15-20(8-13)38-21-9-14(28)3-5-16(21)22(15)34-23(36)17-10-33-25(35-24(17)37)39-11-12-1-6-19(32)18(7-12)26(29,30)31/h1-9,17,22,25,33H,10-11,32H2,(H,34,36)(H,35,37). The third-order valence-corrected chi connectivity index (χ3v) is 7.92. The maximum atomic E-state index is 13.2. The molecule has 2 amide bonds. The monoisotopic (exact) mass is 596 g/mol. The summed E-state index contributed by atoms with van der Waals surface area (Å²) in [5, 5.41) is 9.62. The Morgan fingerprint density at radius 2 is 1.69 bits per heavy atom. The molecule has 2 heterocycles. The molecule has 2 aliphatic rings. The van der Waals surface area contributed by atoms with Gasteiger partial charge in [0.1, 0.15) is 22.9 Å². The molecule has 5 rings (SSSR count). The van der Waals surface area contributed by atoms with E-state index in [1.54, 1.807) is 36.4 Å². The predicted octanol–water partition coefficient (Wildman–Crippen LogP) is 5.46. The van der Waals surface area contributed by atoms with Crippen LogP contribution in [0.3, 0.4) is 0 Å². The Morgan fingerprint density at radius 1 is 1.05 bits per heavy atom. The lowest BCUT2D eigenvalue weighted by atomic mass is 9.93. The second-order valence-electron chi connectivity index (χ2n) is 8.99. The Hall–Kier alpha value is -3.12.